The van der Waals surface area contributed by atoms with Crippen LogP contribution in [0.2, 0.25) is 0 Å². The molecule has 1 fully saturated rings. The second kappa shape index (κ2) is 7.48. The van der Waals surface area contributed by atoms with Crippen LogP contribution in [0.1, 0.15) is 55.8 Å². The van der Waals surface area contributed by atoms with Crippen molar-refractivity contribution in [2.45, 2.75) is 56.5 Å². The number of hydrogen-bond donors (Lipinski definition) is 0. The van der Waals surface area contributed by atoms with Crippen LogP contribution in [0, 0.1) is 0 Å². The lowest BCUT2D eigenvalue weighted by atomic mass is 9.54. The van der Waals surface area contributed by atoms with Gasteiger partial charge in [-0.2, -0.15) is 9.13 Å². The highest BCUT2D eigenvalue weighted by Gasteiger charge is 2.70. The Bertz CT molecular complexity index is 2030. The maximum Gasteiger partial charge on any atom is 0.217 e. The van der Waals surface area contributed by atoms with E-state index in [0.717, 1.165) is 24.0 Å². The van der Waals surface area contributed by atoms with Gasteiger partial charge in [-0.3, -0.25) is 0 Å². The van der Waals surface area contributed by atoms with E-state index < -0.39 is 0 Å². The summed E-state index contributed by atoms with van der Waals surface area (Å²) in [6.45, 7) is 6.94. The third-order valence-electron chi connectivity index (χ3n) is 10.0. The number of rotatable bonds is 0. The van der Waals surface area contributed by atoms with E-state index in [0.29, 0.717) is 12.0 Å². The zero-order chi connectivity index (χ0) is 26.8. The first-order valence-corrected chi connectivity index (χ1v) is 14.5. The Morgan fingerprint density at radius 1 is 0.800 bits per heavy atom. The Labute approximate surface area is 234 Å². The predicted molar refractivity (Wildman–Crippen MR) is 158 cm³/mol. The third kappa shape index (κ3) is 2.75. The first kappa shape index (κ1) is 22.6. The lowest BCUT2D eigenvalue weighted by molar-refractivity contribution is -0.826. The second-order valence-corrected chi connectivity index (χ2v) is 13.1. The molecule has 3 nitrogen and oxygen atoms in total. The molecular formula is C37H32N2O+2. The van der Waals surface area contributed by atoms with Gasteiger partial charge in [-0.1, -0.05) is 69.3 Å². The molecule has 194 valence electrons. The van der Waals surface area contributed by atoms with Crippen LogP contribution in [0.5, 0.6) is 0 Å². The Morgan fingerprint density at radius 3 is 2.52 bits per heavy atom. The molecule has 0 radical (unpaired) electrons. The average molecular weight is 521 g/mol. The molecule has 1 aliphatic carbocycles. The molecule has 9 rings (SSSR count). The highest BCUT2D eigenvalue weighted by Crippen LogP contribution is 2.61. The van der Waals surface area contributed by atoms with Crippen LogP contribution < -0.4 is 9.13 Å². The van der Waals surface area contributed by atoms with Crippen molar-refractivity contribution < 1.29 is 13.6 Å². The number of furan rings is 1. The second-order valence-electron chi connectivity index (χ2n) is 13.1. The van der Waals surface area contributed by atoms with Crippen LogP contribution in [-0.2, 0) is 17.4 Å². The van der Waals surface area contributed by atoms with Crippen LogP contribution in [0.4, 0.5) is 0 Å². The van der Waals surface area contributed by atoms with Gasteiger partial charge in [0, 0.05) is 41.0 Å². The van der Waals surface area contributed by atoms with E-state index in [4.69, 9.17) is 4.42 Å². The van der Waals surface area contributed by atoms with Crippen molar-refractivity contribution in [3.63, 3.8) is 0 Å². The molecule has 6 aromatic rings. The van der Waals surface area contributed by atoms with Crippen LogP contribution in [0.25, 0.3) is 44.5 Å². The highest BCUT2D eigenvalue weighted by atomic mass is 16.3. The van der Waals surface area contributed by atoms with E-state index in [2.05, 4.69) is 133 Å². The predicted octanol–water partition coefficient (Wildman–Crippen LogP) is 7.79. The maximum absolute atomic E-state index is 6.56. The first-order chi connectivity index (χ1) is 19.4. The molecule has 40 heavy (non-hydrogen) atoms. The molecule has 3 aromatic carbocycles. The monoisotopic (exact) mass is 520 g/mol. The number of para-hydroxylation sites is 1. The summed E-state index contributed by atoms with van der Waals surface area (Å²) in [4.78, 5) is 0. The van der Waals surface area contributed by atoms with Gasteiger partial charge < -0.3 is 4.42 Å². The molecule has 1 saturated carbocycles. The number of nitrogens with zero attached hydrogens (tertiary/aromatic N) is 2. The van der Waals surface area contributed by atoms with Gasteiger partial charge in [-0.15, -0.1) is 0 Å². The van der Waals surface area contributed by atoms with Crippen LogP contribution in [0.15, 0.2) is 108 Å². The minimum atomic E-state index is -0.0213. The molecule has 3 unspecified atom stereocenters. The molecule has 3 aromatic heterocycles. The highest BCUT2D eigenvalue weighted by molar-refractivity contribution is 6.09. The fraction of sp³-hybridized carbons (Fsp3) is 0.243. The van der Waals surface area contributed by atoms with Crippen molar-refractivity contribution in [1.82, 2.24) is 0 Å². The maximum atomic E-state index is 6.56. The van der Waals surface area contributed by atoms with Gasteiger partial charge in [0.2, 0.25) is 11.4 Å². The SMILES string of the molecule is CC(C)(C)c1ccc2[n+](c1)C1CC3(Cc4ccc5c(oc6ccccc65)c4-c4cccc[n+]43)C1c1ccccc1-2. The summed E-state index contributed by atoms with van der Waals surface area (Å²) >= 11 is 0. The number of hydrogen-bond acceptors (Lipinski definition) is 1. The number of fused-ring (bicyclic) bond motifs is 15. The molecular weight excluding hydrogens is 488 g/mol. The number of pyridine rings is 2. The molecule has 0 bridgehead atoms. The minimum Gasteiger partial charge on any atom is -0.455 e. The molecule has 2 aliphatic heterocycles. The van der Waals surface area contributed by atoms with Gasteiger partial charge in [0.1, 0.15) is 17.1 Å². The van der Waals surface area contributed by atoms with Gasteiger partial charge in [0.25, 0.3) is 0 Å². The molecule has 0 N–H and O–H groups in total. The van der Waals surface area contributed by atoms with Crippen molar-refractivity contribution in [3.05, 3.63) is 120 Å². The molecule has 0 saturated heterocycles. The van der Waals surface area contributed by atoms with E-state index in [9.17, 15) is 0 Å². The summed E-state index contributed by atoms with van der Waals surface area (Å²) in [7, 11) is 0. The summed E-state index contributed by atoms with van der Waals surface area (Å²) in [5, 5.41) is 2.39. The largest absolute Gasteiger partial charge is 0.455 e. The van der Waals surface area contributed by atoms with Crippen molar-refractivity contribution in [2.24, 2.45) is 0 Å². The quantitative estimate of drug-likeness (QED) is 0.187. The third-order valence-corrected chi connectivity index (χ3v) is 10.0. The summed E-state index contributed by atoms with van der Waals surface area (Å²) in [6.07, 6.45) is 6.88. The molecule has 5 heterocycles. The first-order valence-electron chi connectivity index (χ1n) is 14.5. The van der Waals surface area contributed by atoms with Crippen molar-refractivity contribution in [3.8, 4) is 22.5 Å². The summed E-state index contributed by atoms with van der Waals surface area (Å²) < 4.78 is 11.8. The summed E-state index contributed by atoms with van der Waals surface area (Å²) in [5.74, 6) is 0.391. The molecule has 1 spiro atoms. The van der Waals surface area contributed by atoms with E-state index in [-0.39, 0.29) is 11.0 Å². The average Bonchev–Trinajstić information content (AvgIpc) is 3.34. The van der Waals surface area contributed by atoms with Crippen LogP contribution >= 0.6 is 0 Å². The summed E-state index contributed by atoms with van der Waals surface area (Å²) in [6, 6.07) is 34.0. The van der Waals surface area contributed by atoms with Gasteiger partial charge in [-0.25, -0.2) is 0 Å². The fourth-order valence-electron chi connectivity index (χ4n) is 8.16. The topological polar surface area (TPSA) is 20.9 Å². The Hall–Kier alpha value is -4.24. The van der Waals surface area contributed by atoms with E-state index in [1.807, 2.05) is 0 Å². The van der Waals surface area contributed by atoms with Crippen molar-refractivity contribution >= 4 is 21.9 Å². The van der Waals surface area contributed by atoms with Gasteiger partial charge in [0.05, 0.1) is 17.5 Å². The van der Waals surface area contributed by atoms with Crippen LogP contribution in [0.3, 0.4) is 0 Å². The Balaban J connectivity index is 1.27. The standard InChI is InChI=1S/C37H32N2O/c1-36(2,3)24-16-18-29-25-10-4-5-12-27(25)34-31(38(29)22-24)21-37(34)20-23-15-17-28-26-11-6-7-14-32(26)40-35(28)33(23)30-13-8-9-19-39(30)37/h4-19,22,31,34H,20-21H2,1-3H3/q+2. The molecule has 0 amide bonds. The van der Waals surface area contributed by atoms with E-state index in [1.165, 1.54) is 50.0 Å². The van der Waals surface area contributed by atoms with Crippen molar-refractivity contribution in [2.75, 3.05) is 0 Å². The Kier molecular flexibility index (Phi) is 4.22. The lowest BCUT2D eigenvalue weighted by Crippen LogP contribution is -2.75. The molecule has 3 aliphatic rings. The van der Waals surface area contributed by atoms with E-state index >= 15 is 0 Å². The Morgan fingerprint density at radius 2 is 1.62 bits per heavy atom. The minimum absolute atomic E-state index is 0.0213. The molecule has 3 atom stereocenters. The smallest absolute Gasteiger partial charge is 0.217 e. The number of aromatic nitrogens is 2. The van der Waals surface area contributed by atoms with Gasteiger partial charge in [0.15, 0.2) is 24.0 Å². The van der Waals surface area contributed by atoms with Gasteiger partial charge >= 0.3 is 0 Å². The normalized spacial score (nSPS) is 22.3. The fourth-order valence-corrected chi connectivity index (χ4v) is 8.16. The van der Waals surface area contributed by atoms with Gasteiger partial charge in [-0.05, 0) is 40.8 Å². The van der Waals surface area contributed by atoms with Crippen molar-refractivity contribution in [1.29, 1.82) is 0 Å². The lowest BCUT2D eigenvalue weighted by Gasteiger charge is -2.51. The summed E-state index contributed by atoms with van der Waals surface area (Å²) in [5.41, 5.74) is 11.6. The molecule has 3 heteroatoms. The van der Waals surface area contributed by atoms with Crippen LogP contribution in [-0.4, -0.2) is 0 Å². The zero-order valence-electron chi connectivity index (χ0n) is 23.2. The van der Waals surface area contributed by atoms with E-state index in [1.54, 1.807) is 0 Å². The zero-order valence-corrected chi connectivity index (χ0v) is 23.2. The number of benzene rings is 3.